The quantitative estimate of drug-likeness (QED) is 0.592. The van der Waals surface area contributed by atoms with Gasteiger partial charge in [0.25, 0.3) is 0 Å². The van der Waals surface area contributed by atoms with E-state index >= 15 is 0 Å². The number of nitrogens with zero attached hydrogens (tertiary/aromatic N) is 1. The number of carbonyl (C=O) groups excluding carboxylic acids is 2. The van der Waals surface area contributed by atoms with Gasteiger partial charge in [-0.1, -0.05) is 13.8 Å². The zero-order valence-corrected chi connectivity index (χ0v) is 13.3. The number of nitrogens with one attached hydrogen (secondary N) is 2. The number of carboxylic acids is 1. The molecule has 0 saturated heterocycles. The molecule has 0 radical (unpaired) electrons. The first-order valence-electron chi connectivity index (χ1n) is 7.36. The van der Waals surface area contributed by atoms with Gasteiger partial charge in [-0.25, -0.2) is 9.59 Å². The normalized spacial score (nSPS) is 11.9. The second-order valence-corrected chi connectivity index (χ2v) is 5.24. The highest BCUT2D eigenvalue weighted by Gasteiger charge is 2.21. The van der Waals surface area contributed by atoms with Crippen LogP contribution in [0.3, 0.4) is 0 Å². The minimum Gasteiger partial charge on any atom is -0.480 e. The molecule has 0 saturated carbocycles. The summed E-state index contributed by atoms with van der Waals surface area (Å²) in [5.74, 6) is -0.925. The minimum atomic E-state index is -1.06. The summed E-state index contributed by atoms with van der Waals surface area (Å²) < 4.78 is 0. The summed E-state index contributed by atoms with van der Waals surface area (Å²) in [6, 6.07) is -1.47. The van der Waals surface area contributed by atoms with Gasteiger partial charge in [0.15, 0.2) is 0 Å². The number of hydrogen-bond acceptors (Lipinski definition) is 3. The van der Waals surface area contributed by atoms with Crippen LogP contribution in [0.25, 0.3) is 0 Å². The van der Waals surface area contributed by atoms with Crippen molar-refractivity contribution in [2.75, 3.05) is 19.6 Å². The summed E-state index contributed by atoms with van der Waals surface area (Å²) in [4.78, 5) is 36.0. The number of carbonyl (C=O) groups is 3. The van der Waals surface area contributed by atoms with E-state index < -0.39 is 18.0 Å². The Labute approximate surface area is 126 Å². The van der Waals surface area contributed by atoms with Gasteiger partial charge in [0, 0.05) is 26.1 Å². The van der Waals surface area contributed by atoms with E-state index in [-0.39, 0.29) is 24.8 Å². The van der Waals surface area contributed by atoms with E-state index in [0.29, 0.717) is 19.5 Å². The van der Waals surface area contributed by atoms with Gasteiger partial charge >= 0.3 is 12.0 Å². The van der Waals surface area contributed by atoms with Crippen LogP contribution >= 0.6 is 0 Å². The van der Waals surface area contributed by atoms with Crippen molar-refractivity contribution in [3.8, 4) is 0 Å². The number of hydrogen-bond donors (Lipinski definition) is 3. The van der Waals surface area contributed by atoms with Crippen LogP contribution in [-0.2, 0) is 9.59 Å². The smallest absolute Gasteiger partial charge is 0.326 e. The van der Waals surface area contributed by atoms with E-state index in [1.54, 1.807) is 4.90 Å². The van der Waals surface area contributed by atoms with Crippen LogP contribution in [0.15, 0.2) is 0 Å². The minimum absolute atomic E-state index is 0.0303. The second kappa shape index (κ2) is 10.0. The maximum atomic E-state index is 11.7. The molecule has 1 unspecified atom stereocenters. The molecule has 0 rings (SSSR count). The average molecular weight is 301 g/mol. The zero-order chi connectivity index (χ0) is 16.4. The molecule has 0 aromatic heterocycles. The van der Waals surface area contributed by atoms with Gasteiger partial charge in [0.1, 0.15) is 6.04 Å². The second-order valence-electron chi connectivity index (χ2n) is 5.24. The third kappa shape index (κ3) is 8.16. The summed E-state index contributed by atoms with van der Waals surface area (Å²) in [5.41, 5.74) is 0. The third-order valence-corrected chi connectivity index (χ3v) is 3.05. The monoisotopic (exact) mass is 301 g/mol. The highest BCUT2D eigenvalue weighted by Crippen LogP contribution is 2.04. The fraction of sp³-hybridized carbons (Fsp3) is 0.786. The standard InChI is InChI=1S/C14H27N3O4/c1-5-17(6-2)12(18)7-8-15-14(21)16-11(13(19)20)9-10(3)4/h10-11H,5-9H2,1-4H3,(H,19,20)(H2,15,16,21). The molecule has 122 valence electrons. The van der Waals surface area contributed by atoms with Crippen LogP contribution < -0.4 is 10.6 Å². The number of urea groups is 1. The summed E-state index contributed by atoms with van der Waals surface area (Å²) in [6.45, 7) is 9.02. The van der Waals surface area contributed by atoms with Crippen LogP contribution in [0.1, 0.15) is 40.5 Å². The van der Waals surface area contributed by atoms with Gasteiger partial charge in [-0.3, -0.25) is 4.79 Å². The maximum Gasteiger partial charge on any atom is 0.326 e. The largest absolute Gasteiger partial charge is 0.480 e. The third-order valence-electron chi connectivity index (χ3n) is 3.05. The van der Waals surface area contributed by atoms with Crippen LogP contribution in [0, 0.1) is 5.92 Å². The van der Waals surface area contributed by atoms with Crippen LogP contribution in [0.5, 0.6) is 0 Å². The first-order valence-corrected chi connectivity index (χ1v) is 7.36. The summed E-state index contributed by atoms with van der Waals surface area (Å²) in [6.07, 6.45) is 0.568. The van der Waals surface area contributed by atoms with Crippen molar-refractivity contribution in [3.63, 3.8) is 0 Å². The molecule has 0 aromatic rings. The molecule has 0 heterocycles. The van der Waals surface area contributed by atoms with Crippen molar-refractivity contribution in [2.24, 2.45) is 5.92 Å². The lowest BCUT2D eigenvalue weighted by atomic mass is 10.0. The maximum absolute atomic E-state index is 11.7. The average Bonchev–Trinajstić information content (AvgIpc) is 2.38. The lowest BCUT2D eigenvalue weighted by molar-refractivity contribution is -0.139. The highest BCUT2D eigenvalue weighted by atomic mass is 16.4. The van der Waals surface area contributed by atoms with Gasteiger partial charge in [-0.15, -0.1) is 0 Å². The molecule has 1 atom stereocenters. The Kier molecular flexibility index (Phi) is 9.16. The van der Waals surface area contributed by atoms with Gasteiger partial charge in [-0.2, -0.15) is 0 Å². The van der Waals surface area contributed by atoms with Gasteiger partial charge in [0.05, 0.1) is 0 Å². The van der Waals surface area contributed by atoms with Crippen molar-refractivity contribution >= 4 is 17.9 Å². The Bertz CT molecular complexity index is 354. The summed E-state index contributed by atoms with van der Waals surface area (Å²) in [7, 11) is 0. The fourth-order valence-electron chi connectivity index (χ4n) is 1.92. The van der Waals surface area contributed by atoms with E-state index in [4.69, 9.17) is 5.11 Å². The van der Waals surface area contributed by atoms with E-state index in [9.17, 15) is 14.4 Å². The Morgan fingerprint density at radius 3 is 2.14 bits per heavy atom. The van der Waals surface area contributed by atoms with Crippen LogP contribution in [0.4, 0.5) is 4.79 Å². The zero-order valence-electron chi connectivity index (χ0n) is 13.3. The molecule has 0 aliphatic rings. The summed E-state index contributed by atoms with van der Waals surface area (Å²) in [5, 5.41) is 13.9. The predicted molar refractivity (Wildman–Crippen MR) is 80.0 cm³/mol. The van der Waals surface area contributed by atoms with E-state index in [0.717, 1.165) is 0 Å². The lowest BCUT2D eigenvalue weighted by Crippen LogP contribution is -2.47. The number of rotatable bonds is 9. The van der Waals surface area contributed by atoms with Crippen LogP contribution in [0.2, 0.25) is 0 Å². The highest BCUT2D eigenvalue weighted by molar-refractivity contribution is 5.83. The van der Waals surface area contributed by atoms with Crippen molar-refractivity contribution in [3.05, 3.63) is 0 Å². The molecule has 7 nitrogen and oxygen atoms in total. The number of aliphatic carboxylic acids is 1. The molecule has 3 amide bonds. The molecule has 7 heteroatoms. The summed E-state index contributed by atoms with van der Waals surface area (Å²) >= 11 is 0. The molecule has 0 spiro atoms. The molecule has 0 fully saturated rings. The topological polar surface area (TPSA) is 98.7 Å². The van der Waals surface area contributed by atoms with E-state index in [1.165, 1.54) is 0 Å². The molecule has 3 N–H and O–H groups in total. The number of carboxylic acid groups (broad SMARTS) is 1. The molecular formula is C14H27N3O4. The van der Waals surface area contributed by atoms with E-state index in [2.05, 4.69) is 10.6 Å². The van der Waals surface area contributed by atoms with Gasteiger partial charge in [-0.05, 0) is 26.2 Å². The first kappa shape index (κ1) is 19.2. The van der Waals surface area contributed by atoms with Gasteiger partial charge in [0.2, 0.25) is 5.91 Å². The Balaban J connectivity index is 4.14. The van der Waals surface area contributed by atoms with Crippen LogP contribution in [-0.4, -0.2) is 53.6 Å². The molecule has 0 aliphatic carbocycles. The fourth-order valence-corrected chi connectivity index (χ4v) is 1.92. The van der Waals surface area contributed by atoms with Crippen molar-refractivity contribution in [1.82, 2.24) is 15.5 Å². The number of amides is 3. The van der Waals surface area contributed by atoms with Gasteiger partial charge < -0.3 is 20.6 Å². The van der Waals surface area contributed by atoms with Crippen molar-refractivity contribution < 1.29 is 19.5 Å². The molecule has 0 aliphatic heterocycles. The Hall–Kier alpha value is -1.79. The first-order chi connectivity index (χ1) is 9.81. The molecule has 0 aromatic carbocycles. The SMILES string of the molecule is CCN(CC)C(=O)CCNC(=O)NC(CC(C)C)C(=O)O. The Morgan fingerprint density at radius 1 is 1.14 bits per heavy atom. The lowest BCUT2D eigenvalue weighted by Gasteiger charge is -2.19. The van der Waals surface area contributed by atoms with Crippen molar-refractivity contribution in [1.29, 1.82) is 0 Å². The predicted octanol–water partition coefficient (Wildman–Crippen LogP) is 1.04. The molecule has 21 heavy (non-hydrogen) atoms. The molecular weight excluding hydrogens is 274 g/mol. The Morgan fingerprint density at radius 2 is 1.71 bits per heavy atom. The van der Waals surface area contributed by atoms with E-state index in [1.807, 2.05) is 27.7 Å². The molecule has 0 bridgehead atoms. The van der Waals surface area contributed by atoms with Crippen molar-refractivity contribution in [2.45, 2.75) is 46.6 Å².